The van der Waals surface area contributed by atoms with Crippen LogP contribution in [-0.2, 0) is 14.4 Å². The van der Waals surface area contributed by atoms with E-state index in [4.69, 9.17) is 28.8 Å². The van der Waals surface area contributed by atoms with Gasteiger partial charge in [-0.05, 0) is 18.4 Å². The van der Waals surface area contributed by atoms with Gasteiger partial charge in [-0.3, -0.25) is 14.4 Å². The van der Waals surface area contributed by atoms with Crippen molar-refractivity contribution in [3.05, 3.63) is 16.5 Å². The monoisotopic (exact) mass is 381 g/mol. The predicted molar refractivity (Wildman–Crippen MR) is 97.5 cm³/mol. The van der Waals surface area contributed by atoms with Gasteiger partial charge in [-0.15, -0.1) is 24.0 Å². The summed E-state index contributed by atoms with van der Waals surface area (Å²) >= 11 is 11.1. The van der Waals surface area contributed by atoms with Gasteiger partial charge in [-0.25, -0.2) is 0 Å². The maximum atomic E-state index is 10.1. The second kappa shape index (κ2) is 14.3. The standard InChI is InChI=1S/C6H13NO.C4H3ClS2.C4H8N2O2/c1-5(2)3-4-6(7)8;5-3-1-4(6)7-2-3;5-3(7)1-2-4(6)8/h5H,3-4H2,1-2H3,(H2,7,8);1-2,6H;1-2H2,(H2,5,7)(H2,6,8). The number of halogens is 1. The molecular formula is C14H24ClN3O3S2. The minimum Gasteiger partial charge on any atom is -0.370 e. The summed E-state index contributed by atoms with van der Waals surface area (Å²) in [7, 11) is 0. The molecule has 1 aromatic heterocycles. The normalized spacial score (nSPS) is 9.26. The first-order chi connectivity index (χ1) is 10.5. The third-order valence-electron chi connectivity index (χ3n) is 2.14. The Bertz CT molecular complexity index is 463. The molecule has 0 aliphatic rings. The number of primary amides is 3. The first-order valence-corrected chi connectivity index (χ1v) is 8.53. The third-order valence-corrected chi connectivity index (χ3v) is 3.66. The number of carbonyl (C=O) groups excluding carboxylic acids is 3. The molecule has 0 spiro atoms. The number of amides is 3. The molecule has 0 atom stereocenters. The van der Waals surface area contributed by atoms with Gasteiger partial charge in [0.25, 0.3) is 0 Å². The molecule has 0 fully saturated rings. The van der Waals surface area contributed by atoms with Crippen molar-refractivity contribution >= 4 is 53.3 Å². The van der Waals surface area contributed by atoms with Crippen LogP contribution >= 0.6 is 35.6 Å². The van der Waals surface area contributed by atoms with Crippen LogP contribution in [0.25, 0.3) is 0 Å². The van der Waals surface area contributed by atoms with E-state index in [0.29, 0.717) is 12.3 Å². The highest BCUT2D eigenvalue weighted by Gasteiger charge is 1.97. The molecular weight excluding hydrogens is 358 g/mol. The molecule has 0 radical (unpaired) electrons. The first kappa shape index (κ1) is 24.0. The van der Waals surface area contributed by atoms with Gasteiger partial charge >= 0.3 is 0 Å². The zero-order chi connectivity index (χ0) is 18.4. The third kappa shape index (κ3) is 23.2. The number of hydrogen-bond acceptors (Lipinski definition) is 5. The molecule has 0 aliphatic heterocycles. The fourth-order valence-electron chi connectivity index (χ4n) is 0.980. The molecule has 0 unspecified atom stereocenters. The zero-order valence-corrected chi connectivity index (χ0v) is 15.7. The quantitative estimate of drug-likeness (QED) is 0.564. The van der Waals surface area contributed by atoms with Crippen LogP contribution in [0, 0.1) is 5.92 Å². The van der Waals surface area contributed by atoms with Crippen LogP contribution in [0.2, 0.25) is 5.02 Å². The topological polar surface area (TPSA) is 129 Å². The van der Waals surface area contributed by atoms with Crippen LogP contribution < -0.4 is 17.2 Å². The van der Waals surface area contributed by atoms with Gasteiger partial charge in [0.2, 0.25) is 17.7 Å². The Kier molecular flexibility index (Phi) is 15.0. The molecule has 0 saturated carbocycles. The zero-order valence-electron chi connectivity index (χ0n) is 13.3. The summed E-state index contributed by atoms with van der Waals surface area (Å²) in [5.74, 6) is -0.603. The van der Waals surface area contributed by atoms with E-state index in [1.54, 1.807) is 0 Å². The molecule has 9 heteroatoms. The van der Waals surface area contributed by atoms with Gasteiger partial charge < -0.3 is 17.2 Å². The van der Waals surface area contributed by atoms with Crippen LogP contribution in [0.4, 0.5) is 0 Å². The highest BCUT2D eigenvalue weighted by Crippen LogP contribution is 2.21. The Balaban J connectivity index is 0. The molecule has 0 bridgehead atoms. The lowest BCUT2D eigenvalue weighted by Gasteiger charge is -1.98. The molecule has 1 rings (SSSR count). The van der Waals surface area contributed by atoms with Crippen molar-refractivity contribution in [1.29, 1.82) is 0 Å². The number of thiol groups is 1. The fourth-order valence-corrected chi connectivity index (χ4v) is 2.16. The van der Waals surface area contributed by atoms with Crippen molar-refractivity contribution < 1.29 is 14.4 Å². The average molecular weight is 382 g/mol. The van der Waals surface area contributed by atoms with Gasteiger partial charge in [0.05, 0.1) is 9.23 Å². The molecule has 0 saturated heterocycles. The first-order valence-electron chi connectivity index (χ1n) is 6.82. The Morgan fingerprint density at radius 1 is 1.09 bits per heavy atom. The molecule has 3 amide bonds. The largest absolute Gasteiger partial charge is 0.370 e. The predicted octanol–water partition coefficient (Wildman–Crippen LogP) is 2.34. The van der Waals surface area contributed by atoms with E-state index in [1.807, 2.05) is 11.4 Å². The molecule has 6 nitrogen and oxygen atoms in total. The van der Waals surface area contributed by atoms with Gasteiger partial charge in [0.15, 0.2) is 0 Å². The number of rotatable bonds is 6. The summed E-state index contributed by atoms with van der Waals surface area (Å²) in [4.78, 5) is 30.0. The molecule has 23 heavy (non-hydrogen) atoms. The van der Waals surface area contributed by atoms with E-state index in [9.17, 15) is 14.4 Å². The van der Waals surface area contributed by atoms with Crippen LogP contribution in [0.3, 0.4) is 0 Å². The lowest BCUT2D eigenvalue weighted by Crippen LogP contribution is -2.16. The van der Waals surface area contributed by atoms with E-state index < -0.39 is 11.8 Å². The Morgan fingerprint density at radius 3 is 1.65 bits per heavy atom. The summed E-state index contributed by atoms with van der Waals surface area (Å²) in [5, 5.41) is 2.62. The average Bonchev–Trinajstić information content (AvgIpc) is 2.79. The number of thiophene rings is 1. The minimum atomic E-state index is -0.496. The van der Waals surface area contributed by atoms with E-state index in [2.05, 4.69) is 26.5 Å². The highest BCUT2D eigenvalue weighted by atomic mass is 35.5. The molecule has 0 aromatic carbocycles. The van der Waals surface area contributed by atoms with Gasteiger partial charge in [-0.2, -0.15) is 0 Å². The number of hydrogen-bond donors (Lipinski definition) is 4. The summed E-state index contributed by atoms with van der Waals surface area (Å²) in [6.45, 7) is 4.14. The Morgan fingerprint density at radius 2 is 1.52 bits per heavy atom. The van der Waals surface area contributed by atoms with Gasteiger partial charge in [0, 0.05) is 24.6 Å². The summed E-state index contributed by atoms with van der Waals surface area (Å²) in [5.41, 5.74) is 14.3. The van der Waals surface area contributed by atoms with Crippen LogP contribution in [-0.4, -0.2) is 17.7 Å². The number of carbonyl (C=O) groups is 3. The van der Waals surface area contributed by atoms with Gasteiger partial charge in [0.1, 0.15) is 0 Å². The molecule has 1 aromatic rings. The minimum absolute atomic E-state index is 0.0509. The lowest BCUT2D eigenvalue weighted by molar-refractivity contribution is -0.123. The lowest BCUT2D eigenvalue weighted by atomic mass is 10.1. The van der Waals surface area contributed by atoms with E-state index in [1.165, 1.54) is 11.3 Å². The van der Waals surface area contributed by atoms with Crippen molar-refractivity contribution in [2.75, 3.05) is 0 Å². The van der Waals surface area contributed by atoms with Crippen LogP contribution in [0.1, 0.15) is 39.5 Å². The summed E-state index contributed by atoms with van der Waals surface area (Å²) in [6.07, 6.45) is 1.54. The maximum absolute atomic E-state index is 10.1. The Hall–Kier alpha value is -1.25. The van der Waals surface area contributed by atoms with Crippen molar-refractivity contribution in [3.8, 4) is 0 Å². The van der Waals surface area contributed by atoms with Crippen molar-refractivity contribution in [3.63, 3.8) is 0 Å². The van der Waals surface area contributed by atoms with Crippen LogP contribution in [0.5, 0.6) is 0 Å². The van der Waals surface area contributed by atoms with Gasteiger partial charge in [-0.1, -0.05) is 25.4 Å². The Labute approximate surface area is 151 Å². The smallest absolute Gasteiger partial charge is 0.217 e. The van der Waals surface area contributed by atoms with Crippen molar-refractivity contribution in [2.45, 2.75) is 43.7 Å². The second-order valence-electron chi connectivity index (χ2n) is 4.93. The van der Waals surface area contributed by atoms with E-state index in [-0.39, 0.29) is 18.7 Å². The SMILES string of the molecule is CC(C)CCC(N)=O.NC(=O)CCC(N)=O.Sc1cc(Cl)cs1. The van der Waals surface area contributed by atoms with Crippen LogP contribution in [0.15, 0.2) is 15.7 Å². The highest BCUT2D eigenvalue weighted by molar-refractivity contribution is 7.82. The summed E-state index contributed by atoms with van der Waals surface area (Å²) in [6, 6.07) is 1.81. The maximum Gasteiger partial charge on any atom is 0.217 e. The second-order valence-corrected chi connectivity index (χ2v) is 7.07. The molecule has 0 aliphatic carbocycles. The summed E-state index contributed by atoms with van der Waals surface area (Å²) < 4.78 is 0.963. The van der Waals surface area contributed by atoms with Crippen molar-refractivity contribution in [1.82, 2.24) is 0 Å². The molecule has 132 valence electrons. The van der Waals surface area contributed by atoms with Crippen molar-refractivity contribution in [2.24, 2.45) is 23.1 Å². The fraction of sp³-hybridized carbons (Fsp3) is 0.500. The van der Waals surface area contributed by atoms with E-state index in [0.717, 1.165) is 15.7 Å². The number of nitrogens with two attached hydrogens (primary N) is 3. The van der Waals surface area contributed by atoms with E-state index >= 15 is 0 Å². The molecule has 6 N–H and O–H groups in total. The molecule has 1 heterocycles.